The lowest BCUT2D eigenvalue weighted by molar-refractivity contribution is -0.438. The third-order valence-electron chi connectivity index (χ3n) is 18.7. The van der Waals surface area contributed by atoms with E-state index in [9.17, 15) is 61.5 Å². The van der Waals surface area contributed by atoms with Gasteiger partial charge in [-0.3, -0.25) is 27.8 Å². The van der Waals surface area contributed by atoms with E-state index in [2.05, 4.69) is 67.5 Å². The number of benzene rings is 3. The van der Waals surface area contributed by atoms with Crippen molar-refractivity contribution in [3.63, 3.8) is 0 Å². The molecule has 0 saturated carbocycles. The topological polar surface area (TPSA) is 291 Å². The van der Waals surface area contributed by atoms with E-state index < -0.39 is 57.1 Å². The van der Waals surface area contributed by atoms with Gasteiger partial charge in [0.05, 0.1) is 25.9 Å². The lowest BCUT2D eigenvalue weighted by atomic mass is 9.72. The van der Waals surface area contributed by atoms with Crippen molar-refractivity contribution < 1.29 is 70.8 Å². The van der Waals surface area contributed by atoms with Crippen LogP contribution in [-0.4, -0.2) is 112 Å². The normalized spacial score (nSPS) is 19.0. The monoisotopic (exact) mass is 1390 g/mol. The Balaban J connectivity index is 0.989. The summed E-state index contributed by atoms with van der Waals surface area (Å²) in [4.78, 5) is 27.0. The fraction of sp³-hybridized carbons (Fsp3) is 0.486. The predicted octanol–water partition coefficient (Wildman–Crippen LogP) is 13.9. The van der Waals surface area contributed by atoms with Gasteiger partial charge in [0.1, 0.15) is 18.1 Å². The van der Waals surface area contributed by atoms with Crippen molar-refractivity contribution >= 4 is 69.4 Å². The summed E-state index contributed by atoms with van der Waals surface area (Å²) in [5, 5.41) is 6.03. The van der Waals surface area contributed by atoms with Gasteiger partial charge in [-0.15, -0.1) is 0 Å². The number of carbonyl (C=O) groups is 2. The Morgan fingerprint density at radius 1 is 0.674 bits per heavy atom. The van der Waals surface area contributed by atoms with Gasteiger partial charge in [-0.2, -0.15) is 38.2 Å². The molecule has 0 radical (unpaired) electrons. The zero-order valence-electron chi connectivity index (χ0n) is 56.4. The minimum absolute atomic E-state index is 0.0279. The number of carbonyl (C=O) groups excluding carboxylic acids is 2. The molecule has 0 bridgehead atoms. The molecule has 0 saturated heterocycles. The van der Waals surface area contributed by atoms with Gasteiger partial charge in [0.25, 0.3) is 40.5 Å². The van der Waals surface area contributed by atoms with Gasteiger partial charge in [0.2, 0.25) is 17.5 Å². The molecule has 2 amide bonds. The molecule has 2 aliphatic carbocycles. The highest BCUT2D eigenvalue weighted by atomic mass is 32.2. The largest absolute Gasteiger partial charge is 0.457 e. The Morgan fingerprint density at radius 3 is 1.96 bits per heavy atom. The number of ether oxygens (including phenoxy) is 1. The van der Waals surface area contributed by atoms with Crippen LogP contribution in [-0.2, 0) is 60.9 Å². The molecule has 2 aliphatic heterocycles. The van der Waals surface area contributed by atoms with Crippen LogP contribution in [0.1, 0.15) is 183 Å². The van der Waals surface area contributed by atoms with Gasteiger partial charge >= 0.3 is 0 Å². The molecule has 0 spiro atoms. The summed E-state index contributed by atoms with van der Waals surface area (Å²) in [6.07, 6.45) is 30.1. The zero-order valence-corrected chi connectivity index (χ0v) is 59.7. The molecular formula is C72H97N4O15S4+. The van der Waals surface area contributed by atoms with Crippen LogP contribution in [0.15, 0.2) is 169 Å². The first-order valence-electron chi connectivity index (χ1n) is 32.9. The van der Waals surface area contributed by atoms with Crippen LogP contribution in [0, 0.1) is 5.41 Å². The molecule has 1 atom stereocenters. The molecule has 0 aromatic heterocycles. The van der Waals surface area contributed by atoms with Gasteiger partial charge in [-0.1, -0.05) is 94.6 Å². The van der Waals surface area contributed by atoms with Crippen molar-refractivity contribution in [1.82, 2.24) is 10.6 Å². The van der Waals surface area contributed by atoms with E-state index in [4.69, 9.17) is 4.74 Å². The first-order valence-corrected chi connectivity index (χ1v) is 38.8. The molecule has 23 heteroatoms. The van der Waals surface area contributed by atoms with Gasteiger partial charge in [-0.25, -0.2) is 0 Å². The number of rotatable bonds is 32. The Bertz CT molecular complexity index is 4110. The second-order valence-electron chi connectivity index (χ2n) is 27.2. The number of unbranched alkanes of at least 4 members (excludes halogenated alkanes) is 6. The van der Waals surface area contributed by atoms with E-state index in [1.165, 1.54) is 72.5 Å². The summed E-state index contributed by atoms with van der Waals surface area (Å²) in [5.41, 5.74) is 8.67. The second kappa shape index (κ2) is 32.2. The predicted molar refractivity (Wildman–Crippen MR) is 374 cm³/mol. The molecule has 19 nitrogen and oxygen atoms in total. The molecule has 2 heterocycles. The summed E-state index contributed by atoms with van der Waals surface area (Å²) < 4.78 is 145. The van der Waals surface area contributed by atoms with Gasteiger partial charge in [-0.05, 0) is 206 Å². The highest BCUT2D eigenvalue weighted by molar-refractivity contribution is 7.86. The Morgan fingerprint density at radius 2 is 1.31 bits per heavy atom. The van der Waals surface area contributed by atoms with E-state index >= 15 is 0 Å². The van der Waals surface area contributed by atoms with Crippen LogP contribution in [0.25, 0.3) is 0 Å². The third-order valence-corrected chi connectivity index (χ3v) is 22.1. The highest BCUT2D eigenvalue weighted by Gasteiger charge is 2.46. The molecule has 6 N–H and O–H groups in total. The van der Waals surface area contributed by atoms with Crippen molar-refractivity contribution in [3.8, 4) is 5.75 Å². The first-order chi connectivity index (χ1) is 44.5. The number of allylic oxidation sites excluding steroid dienone is 13. The maximum atomic E-state index is 13.0. The van der Waals surface area contributed by atoms with Gasteiger partial charge in [0.15, 0.2) is 5.71 Å². The minimum atomic E-state index is -4.58. The molecule has 0 fully saturated rings. The maximum absolute atomic E-state index is 13.0. The Labute approximate surface area is 564 Å². The SMILES string of the molecule is CC1=C(/C=C/C(C)=C/C=C/C(C)=C/C(=O)NCCCCCCNC(=O)CCCCCN2c3ccc(S(=O)(=O)O)cc3C(C)(C)C2C/C=C2\CCCC(/C=C/C3=[N+](CCCCS(=O)(=O)O)c4ccc(S(=O)(=O)O)cc4C3(C)C)=C2Oc2ccc(S(=O)(=O)O)cc2)C(C)(C)CCC1. The summed E-state index contributed by atoms with van der Waals surface area (Å²) in [6.45, 7) is 20.7. The minimum Gasteiger partial charge on any atom is -0.457 e. The van der Waals surface area contributed by atoms with Gasteiger partial charge in [0, 0.05) is 73.4 Å². The molecular weight excluding hydrogens is 1290 g/mol. The first kappa shape index (κ1) is 75.8. The van der Waals surface area contributed by atoms with Crippen LogP contribution >= 0.6 is 0 Å². The number of anilines is 1. The quantitative estimate of drug-likeness (QED) is 0.0111. The summed E-state index contributed by atoms with van der Waals surface area (Å²) >= 11 is 0. The van der Waals surface area contributed by atoms with Crippen LogP contribution in [0.2, 0.25) is 0 Å². The molecule has 7 rings (SSSR count). The number of hydrogen-bond acceptors (Lipinski definition) is 12. The zero-order chi connectivity index (χ0) is 69.7. The Hall–Kier alpha value is -6.57. The van der Waals surface area contributed by atoms with E-state index in [1.807, 2.05) is 63.5 Å². The van der Waals surface area contributed by atoms with E-state index in [-0.39, 0.29) is 50.1 Å². The molecule has 518 valence electrons. The highest BCUT2D eigenvalue weighted by Crippen LogP contribution is 2.49. The number of amides is 2. The lowest BCUT2D eigenvalue weighted by Crippen LogP contribution is -2.41. The number of nitrogens with zero attached hydrogens (tertiary/aromatic N) is 2. The van der Waals surface area contributed by atoms with Crippen LogP contribution in [0.3, 0.4) is 0 Å². The van der Waals surface area contributed by atoms with Crippen molar-refractivity contribution in [2.75, 3.05) is 36.8 Å². The average Bonchev–Trinajstić information content (AvgIpc) is 1.60. The summed E-state index contributed by atoms with van der Waals surface area (Å²) in [5.74, 6) is 0.156. The smallest absolute Gasteiger partial charge is 0.294 e. The van der Waals surface area contributed by atoms with Crippen LogP contribution in [0.4, 0.5) is 11.4 Å². The Kier molecular flexibility index (Phi) is 25.7. The maximum Gasteiger partial charge on any atom is 0.294 e. The van der Waals surface area contributed by atoms with E-state index in [0.717, 1.165) is 77.8 Å². The molecule has 95 heavy (non-hydrogen) atoms. The molecule has 3 aromatic carbocycles. The lowest BCUT2D eigenvalue weighted by Gasteiger charge is -2.34. The fourth-order valence-corrected chi connectivity index (χ4v) is 15.5. The van der Waals surface area contributed by atoms with Crippen molar-refractivity contribution in [1.29, 1.82) is 0 Å². The fourth-order valence-electron chi connectivity index (χ4n) is 13.4. The third kappa shape index (κ3) is 21.0. The molecule has 3 aromatic rings. The standard InChI is InChI=1S/C72H96N4O15S4/c1-51(28-37-60-53(3)24-21-42-70(60,4)5)22-19-23-52(2)48-68(78)74-44-15-11-10-14-43-73-67(77)27-13-12-16-45-75-63-38-35-58(94(85,86)87)49-61(63)71(6,7)65(75)40-29-54-25-20-26-55(69(54)91-56-31-33-57(34-32-56)93(82,83)84)30-41-66-72(8,9)62-50-59(95(88,89)90)36-39-64(62)76(66)46-17-18-47-92(79,80)81/h19,22-23,28-39,41,48-50,65H,10-18,20-21,24-27,40,42-47H2,1-9H3,(H5-,73,74,77,78,79,80,81,82,83,84,85,86,87,88,89,90)/p+1/b23-19+,37-28+,41-30+,51-22+,52-48+,54-29+. The number of hydrogen-bond donors (Lipinski definition) is 6. The summed E-state index contributed by atoms with van der Waals surface area (Å²) in [6, 6.07) is 14.1. The van der Waals surface area contributed by atoms with Crippen molar-refractivity contribution in [3.05, 3.63) is 166 Å². The van der Waals surface area contributed by atoms with E-state index in [1.54, 1.807) is 18.2 Å². The number of nitrogens with one attached hydrogen (secondary N) is 2. The summed E-state index contributed by atoms with van der Waals surface area (Å²) in [7, 11) is -17.9. The van der Waals surface area contributed by atoms with Crippen LogP contribution < -0.4 is 20.3 Å². The van der Waals surface area contributed by atoms with Crippen molar-refractivity contribution in [2.45, 2.75) is 203 Å². The molecule has 4 aliphatic rings. The second-order valence-corrected chi connectivity index (χ2v) is 33.1. The van der Waals surface area contributed by atoms with Crippen LogP contribution in [0.5, 0.6) is 5.75 Å². The van der Waals surface area contributed by atoms with Crippen molar-refractivity contribution in [2.24, 2.45) is 5.41 Å². The van der Waals surface area contributed by atoms with E-state index in [0.29, 0.717) is 94.6 Å². The number of fused-ring (bicyclic) bond motifs is 2. The average molecular weight is 1390 g/mol. The molecule has 1 unspecified atom stereocenters. The van der Waals surface area contributed by atoms with Gasteiger partial charge < -0.3 is 20.3 Å².